The third kappa shape index (κ3) is 3.82. The van der Waals surface area contributed by atoms with E-state index in [-0.39, 0.29) is 0 Å². The normalized spacial score (nSPS) is 13.3. The second-order valence-corrected chi connectivity index (χ2v) is 14.2. The molecule has 2 aliphatic rings. The van der Waals surface area contributed by atoms with E-state index in [1.807, 2.05) is 24.5 Å². The molecule has 10 aromatic rings. The van der Waals surface area contributed by atoms with Gasteiger partial charge in [-0.15, -0.1) is 0 Å². The number of para-hydroxylation sites is 2. The Hall–Kier alpha value is -7.24. The first kappa shape index (κ1) is 29.3. The van der Waals surface area contributed by atoms with Gasteiger partial charge in [-0.2, -0.15) is 0 Å². The minimum atomic E-state index is -0.474. The van der Waals surface area contributed by atoms with Crippen molar-refractivity contribution in [2.24, 2.45) is 0 Å². The topological polar surface area (TPSA) is 56.5 Å². The zero-order valence-corrected chi connectivity index (χ0v) is 29.0. The SMILES string of the molecule is c1ccc(-c2nc(-n3c4ccccc4c4ccc(-c5ccc6c(c5)-c5ccccc5C65c6cccnc6-c6ncccc65)cc43)nc3ccccc23)cc1. The Labute approximate surface area is 310 Å². The van der Waals surface area contributed by atoms with Gasteiger partial charge in [0.05, 0.1) is 39.0 Å². The van der Waals surface area contributed by atoms with Gasteiger partial charge in [-0.05, 0) is 80.9 Å². The maximum absolute atomic E-state index is 5.31. The molecule has 0 fully saturated rings. The van der Waals surface area contributed by atoms with E-state index < -0.39 is 5.41 Å². The molecule has 0 unspecified atom stereocenters. The smallest absolute Gasteiger partial charge is 0.235 e. The summed E-state index contributed by atoms with van der Waals surface area (Å²) in [7, 11) is 0. The lowest BCUT2D eigenvalue weighted by Gasteiger charge is -2.29. The van der Waals surface area contributed by atoms with Crippen LogP contribution in [0.25, 0.3) is 83.6 Å². The Kier molecular flexibility index (Phi) is 5.92. The lowest BCUT2D eigenvalue weighted by atomic mass is 9.71. The Morgan fingerprint density at radius 3 is 1.85 bits per heavy atom. The third-order valence-electron chi connectivity index (χ3n) is 11.5. The molecule has 0 amide bonds. The standard InChI is InChI=1S/C49H29N5/c1-2-12-30(13-3-1)45-36-16-5-8-20-42(36)52-48(53-45)54-43-21-9-6-15-34(43)35-24-22-32(29-44(35)54)31-23-25-39-37(28-31)33-14-4-7-17-38(33)49(39)40-18-10-26-50-46(40)47-41(49)19-11-27-51-47/h1-29H. The van der Waals surface area contributed by atoms with Gasteiger partial charge in [0.15, 0.2) is 0 Å². The Morgan fingerprint density at radius 1 is 0.389 bits per heavy atom. The van der Waals surface area contributed by atoms with Gasteiger partial charge in [0.25, 0.3) is 0 Å². The minimum Gasteiger partial charge on any atom is -0.278 e. The molecule has 0 N–H and O–H groups in total. The molecule has 0 atom stereocenters. The molecule has 0 radical (unpaired) electrons. The van der Waals surface area contributed by atoms with Crippen molar-refractivity contribution in [3.8, 4) is 50.8 Å². The van der Waals surface area contributed by atoms with Gasteiger partial charge in [-0.25, -0.2) is 9.97 Å². The van der Waals surface area contributed by atoms with Crippen LogP contribution in [0.1, 0.15) is 22.3 Å². The van der Waals surface area contributed by atoms with Crippen molar-refractivity contribution < 1.29 is 0 Å². The summed E-state index contributed by atoms with van der Waals surface area (Å²) in [5.74, 6) is 0.654. The highest BCUT2D eigenvalue weighted by atomic mass is 15.2. The number of benzene rings is 6. The largest absolute Gasteiger partial charge is 0.278 e. The summed E-state index contributed by atoms with van der Waals surface area (Å²) < 4.78 is 2.23. The summed E-state index contributed by atoms with van der Waals surface area (Å²) in [6.07, 6.45) is 3.75. The van der Waals surface area contributed by atoms with Gasteiger partial charge >= 0.3 is 0 Å². The Bertz CT molecular complexity index is 3130. The highest BCUT2D eigenvalue weighted by Crippen LogP contribution is 2.62. The average Bonchev–Trinajstić information content (AvgIpc) is 3.85. The van der Waals surface area contributed by atoms with Gasteiger partial charge in [0.1, 0.15) is 0 Å². The van der Waals surface area contributed by atoms with Crippen LogP contribution in [-0.2, 0) is 5.41 Å². The predicted molar refractivity (Wildman–Crippen MR) is 217 cm³/mol. The first-order valence-electron chi connectivity index (χ1n) is 18.3. The van der Waals surface area contributed by atoms with Gasteiger partial charge in [0.2, 0.25) is 5.95 Å². The average molecular weight is 688 g/mol. The monoisotopic (exact) mass is 687 g/mol. The van der Waals surface area contributed by atoms with E-state index >= 15 is 0 Å². The van der Waals surface area contributed by atoms with Crippen LogP contribution in [0.2, 0.25) is 0 Å². The lowest BCUT2D eigenvalue weighted by molar-refractivity contribution is 0.789. The number of fused-ring (bicyclic) bond motifs is 14. The van der Waals surface area contributed by atoms with E-state index in [0.29, 0.717) is 5.95 Å². The highest BCUT2D eigenvalue weighted by Gasteiger charge is 2.52. The van der Waals surface area contributed by atoms with Gasteiger partial charge in [-0.3, -0.25) is 14.5 Å². The quantitative estimate of drug-likeness (QED) is 0.186. The molecule has 0 saturated carbocycles. The molecule has 5 nitrogen and oxygen atoms in total. The highest BCUT2D eigenvalue weighted by molar-refractivity contribution is 6.10. The molecule has 0 aliphatic heterocycles. The van der Waals surface area contributed by atoms with E-state index in [1.54, 1.807) is 0 Å². The maximum Gasteiger partial charge on any atom is 0.235 e. The number of nitrogens with zero attached hydrogens (tertiary/aromatic N) is 5. The molecular weight excluding hydrogens is 659 g/mol. The zero-order chi connectivity index (χ0) is 35.4. The predicted octanol–water partition coefficient (Wildman–Crippen LogP) is 11.2. The third-order valence-corrected chi connectivity index (χ3v) is 11.5. The second-order valence-electron chi connectivity index (χ2n) is 14.2. The lowest BCUT2D eigenvalue weighted by Crippen LogP contribution is -2.25. The minimum absolute atomic E-state index is 0.474. The van der Waals surface area contributed by atoms with Crippen molar-refractivity contribution in [3.63, 3.8) is 0 Å². The van der Waals surface area contributed by atoms with Crippen molar-refractivity contribution in [2.45, 2.75) is 5.41 Å². The molecule has 4 heterocycles. The van der Waals surface area contributed by atoms with E-state index in [4.69, 9.17) is 19.9 Å². The first-order valence-corrected chi connectivity index (χ1v) is 18.3. The summed E-state index contributed by atoms with van der Waals surface area (Å²) in [4.78, 5) is 20.3. The molecule has 5 heteroatoms. The number of rotatable bonds is 3. The Balaban J connectivity index is 1.09. The molecule has 6 aromatic carbocycles. The molecule has 2 aliphatic carbocycles. The fraction of sp³-hybridized carbons (Fsp3) is 0.0204. The fourth-order valence-electron chi connectivity index (χ4n) is 9.33. The summed E-state index contributed by atoms with van der Waals surface area (Å²) in [5.41, 5.74) is 16.2. The van der Waals surface area contributed by atoms with Crippen molar-refractivity contribution in [2.75, 3.05) is 0 Å². The molecule has 12 rings (SSSR count). The van der Waals surface area contributed by atoms with Gasteiger partial charge in [0, 0.05) is 34.1 Å². The Morgan fingerprint density at radius 2 is 1.02 bits per heavy atom. The molecule has 4 aromatic heterocycles. The summed E-state index contributed by atoms with van der Waals surface area (Å²) in [6.45, 7) is 0. The van der Waals surface area contributed by atoms with Gasteiger partial charge in [-0.1, -0.05) is 127 Å². The van der Waals surface area contributed by atoms with Crippen LogP contribution < -0.4 is 0 Å². The van der Waals surface area contributed by atoms with Crippen LogP contribution in [0.3, 0.4) is 0 Å². The van der Waals surface area contributed by atoms with E-state index in [9.17, 15) is 0 Å². The maximum atomic E-state index is 5.31. The van der Waals surface area contributed by atoms with Crippen molar-refractivity contribution in [3.05, 3.63) is 198 Å². The summed E-state index contributed by atoms with van der Waals surface area (Å²) >= 11 is 0. The number of pyridine rings is 2. The number of hydrogen-bond donors (Lipinski definition) is 0. The van der Waals surface area contributed by atoms with E-state index in [1.165, 1.54) is 38.8 Å². The molecule has 0 bridgehead atoms. The van der Waals surface area contributed by atoms with Crippen LogP contribution in [0.5, 0.6) is 0 Å². The molecule has 250 valence electrons. The van der Waals surface area contributed by atoms with Crippen LogP contribution in [0.4, 0.5) is 0 Å². The fourth-order valence-corrected chi connectivity index (χ4v) is 9.33. The number of aromatic nitrogens is 5. The van der Waals surface area contributed by atoms with Crippen LogP contribution in [-0.4, -0.2) is 24.5 Å². The molecule has 0 saturated heterocycles. The summed E-state index contributed by atoms with van der Waals surface area (Å²) in [6, 6.07) is 58.5. The molecule has 1 spiro atoms. The van der Waals surface area contributed by atoms with Crippen LogP contribution in [0.15, 0.2) is 176 Å². The summed E-state index contributed by atoms with van der Waals surface area (Å²) in [5, 5.41) is 3.36. The van der Waals surface area contributed by atoms with Crippen molar-refractivity contribution in [1.82, 2.24) is 24.5 Å². The van der Waals surface area contributed by atoms with Gasteiger partial charge < -0.3 is 0 Å². The number of hydrogen-bond acceptors (Lipinski definition) is 4. The molecule has 54 heavy (non-hydrogen) atoms. The first-order chi connectivity index (χ1) is 26.8. The van der Waals surface area contributed by atoms with Crippen LogP contribution >= 0.6 is 0 Å². The van der Waals surface area contributed by atoms with Crippen molar-refractivity contribution in [1.29, 1.82) is 0 Å². The van der Waals surface area contributed by atoms with E-state index in [2.05, 4.69) is 156 Å². The van der Waals surface area contributed by atoms with Crippen LogP contribution in [0, 0.1) is 0 Å². The second kappa shape index (κ2) is 10.9. The van der Waals surface area contributed by atoms with Crippen molar-refractivity contribution >= 4 is 32.7 Å². The molecular formula is C49H29N5. The van der Waals surface area contributed by atoms with E-state index in [0.717, 1.165) is 61.1 Å². The zero-order valence-electron chi connectivity index (χ0n) is 29.0.